The first-order valence-corrected chi connectivity index (χ1v) is 7.41. The first-order valence-electron chi connectivity index (χ1n) is 7.41. The molecule has 2 aromatic rings. The molecule has 1 aliphatic heterocycles. The zero-order chi connectivity index (χ0) is 16.9. The van der Waals surface area contributed by atoms with Crippen LogP contribution in [0.4, 0.5) is 5.95 Å². The summed E-state index contributed by atoms with van der Waals surface area (Å²) in [7, 11) is 0. The summed E-state index contributed by atoms with van der Waals surface area (Å²) in [4.78, 5) is 37.2. The van der Waals surface area contributed by atoms with Gasteiger partial charge in [0.1, 0.15) is 5.60 Å². The number of nitrogens with one attached hydrogen (secondary N) is 3. The van der Waals surface area contributed by atoms with E-state index in [4.69, 9.17) is 0 Å². The fourth-order valence-electron chi connectivity index (χ4n) is 2.00. The van der Waals surface area contributed by atoms with Crippen molar-refractivity contribution in [3.63, 3.8) is 0 Å². The molecular weight excluding hydrogens is 300 g/mol. The van der Waals surface area contributed by atoms with Gasteiger partial charge in [-0.2, -0.15) is 4.98 Å². The van der Waals surface area contributed by atoms with Crippen molar-refractivity contribution >= 4 is 23.6 Å². The predicted molar refractivity (Wildman–Crippen MR) is 86.5 cm³/mol. The lowest BCUT2D eigenvalue weighted by atomic mass is 10.2. The van der Waals surface area contributed by atoms with Crippen LogP contribution < -0.4 is 15.8 Å². The smallest absolute Gasteiger partial charge is 0.293 e. The fourth-order valence-corrected chi connectivity index (χ4v) is 2.00. The second-order valence-corrected chi connectivity index (χ2v) is 6.05. The fraction of sp³-hybridized carbons (Fsp3) is 0.571. The van der Waals surface area contributed by atoms with Gasteiger partial charge < -0.3 is 19.9 Å². The van der Waals surface area contributed by atoms with Crippen molar-refractivity contribution in [2.24, 2.45) is 0 Å². The van der Waals surface area contributed by atoms with E-state index < -0.39 is 0 Å². The van der Waals surface area contributed by atoms with E-state index in [2.05, 4.69) is 30.0 Å². The van der Waals surface area contributed by atoms with E-state index in [1.165, 1.54) is 6.33 Å². The molecule has 0 bridgehead atoms. The number of aromatic nitrogens is 4. The van der Waals surface area contributed by atoms with E-state index in [0.29, 0.717) is 23.6 Å². The van der Waals surface area contributed by atoms with Gasteiger partial charge in [-0.1, -0.05) is 0 Å². The number of carbonyl (C=O) groups excluding carboxylic acids is 1. The number of rotatable bonds is 2. The molecule has 1 fully saturated rings. The number of hydrogen-bond acceptors (Lipinski definition) is 7. The first kappa shape index (κ1) is 16.9. The van der Waals surface area contributed by atoms with Crippen LogP contribution >= 0.6 is 0 Å². The van der Waals surface area contributed by atoms with Gasteiger partial charge in [0.05, 0.1) is 6.33 Å². The number of aromatic amines is 2. The third-order valence-electron chi connectivity index (χ3n) is 3.10. The Labute approximate surface area is 133 Å². The maximum absolute atomic E-state index is 11.7. The maximum Gasteiger partial charge on any atom is 0.293 e. The Morgan fingerprint density at radius 3 is 2.57 bits per heavy atom. The lowest BCUT2D eigenvalue weighted by Crippen LogP contribution is -2.44. The van der Waals surface area contributed by atoms with Crippen LogP contribution in [0.2, 0.25) is 0 Å². The number of anilines is 1. The molecule has 0 aliphatic carbocycles. The molecule has 23 heavy (non-hydrogen) atoms. The number of nitrogens with zero attached hydrogens (tertiary/aromatic N) is 3. The molecule has 9 heteroatoms. The minimum absolute atomic E-state index is 0.170. The molecule has 2 aromatic heterocycles. The number of hydrogen-bond donors (Lipinski definition) is 3. The van der Waals surface area contributed by atoms with E-state index in [1.54, 1.807) is 0 Å². The third-order valence-corrected chi connectivity index (χ3v) is 3.10. The average Bonchev–Trinajstić information content (AvgIpc) is 2.96. The quantitative estimate of drug-likeness (QED) is 0.667. The largest absolute Gasteiger partial charge is 0.462 e. The zero-order valence-electron chi connectivity index (χ0n) is 13.5. The van der Waals surface area contributed by atoms with Gasteiger partial charge in [-0.3, -0.25) is 14.6 Å². The summed E-state index contributed by atoms with van der Waals surface area (Å²) < 4.78 is 4.55. The number of carbonyl (C=O) groups is 1. The van der Waals surface area contributed by atoms with Crippen molar-refractivity contribution < 1.29 is 9.53 Å². The molecule has 0 unspecified atom stereocenters. The van der Waals surface area contributed by atoms with Gasteiger partial charge >= 0.3 is 0 Å². The minimum Gasteiger partial charge on any atom is -0.462 e. The van der Waals surface area contributed by atoms with Crippen molar-refractivity contribution in [3.05, 3.63) is 16.7 Å². The molecule has 1 saturated heterocycles. The topological polar surface area (TPSA) is 116 Å². The van der Waals surface area contributed by atoms with Crippen molar-refractivity contribution in [3.8, 4) is 0 Å². The van der Waals surface area contributed by atoms with Crippen molar-refractivity contribution in [2.75, 3.05) is 31.1 Å². The van der Waals surface area contributed by atoms with E-state index in [9.17, 15) is 9.59 Å². The van der Waals surface area contributed by atoms with Crippen LogP contribution in [0, 0.1) is 0 Å². The van der Waals surface area contributed by atoms with Crippen molar-refractivity contribution in [1.29, 1.82) is 0 Å². The minimum atomic E-state index is -0.318. The average molecular weight is 322 g/mol. The Hall–Kier alpha value is -2.42. The summed E-state index contributed by atoms with van der Waals surface area (Å²) >= 11 is 0. The molecule has 0 saturated carbocycles. The Morgan fingerprint density at radius 2 is 2.00 bits per heavy atom. The Bertz CT molecular complexity index is 696. The van der Waals surface area contributed by atoms with Gasteiger partial charge in [-0.15, -0.1) is 0 Å². The number of imidazole rings is 1. The van der Waals surface area contributed by atoms with E-state index in [1.807, 2.05) is 25.7 Å². The van der Waals surface area contributed by atoms with E-state index in [0.717, 1.165) is 26.2 Å². The molecule has 0 atom stereocenters. The summed E-state index contributed by atoms with van der Waals surface area (Å²) in [6.45, 7) is 9.42. The van der Waals surface area contributed by atoms with E-state index in [-0.39, 0.29) is 11.2 Å². The summed E-state index contributed by atoms with van der Waals surface area (Å²) in [6.07, 6.45) is 1.48. The molecule has 126 valence electrons. The highest BCUT2D eigenvalue weighted by atomic mass is 16.5. The van der Waals surface area contributed by atoms with Crippen LogP contribution in [0.3, 0.4) is 0 Å². The number of ether oxygens (including phenoxy) is 1. The second-order valence-electron chi connectivity index (χ2n) is 6.05. The lowest BCUT2D eigenvalue weighted by Gasteiger charge is -2.27. The monoisotopic (exact) mass is 322 g/mol. The normalized spacial score (nSPS) is 15.0. The van der Waals surface area contributed by atoms with Crippen LogP contribution in [-0.2, 0) is 9.53 Å². The molecular formula is C14H22N6O3. The molecule has 3 heterocycles. The highest BCUT2D eigenvalue weighted by Crippen LogP contribution is 2.08. The Morgan fingerprint density at radius 1 is 1.30 bits per heavy atom. The molecule has 0 amide bonds. The van der Waals surface area contributed by atoms with E-state index >= 15 is 0 Å². The summed E-state index contributed by atoms with van der Waals surface area (Å²) in [5, 5.41) is 3.25. The molecule has 3 N–H and O–H groups in total. The summed E-state index contributed by atoms with van der Waals surface area (Å²) in [6, 6.07) is 0. The maximum atomic E-state index is 11.7. The highest BCUT2D eigenvalue weighted by Gasteiger charge is 2.14. The Kier molecular flexibility index (Phi) is 5.32. The van der Waals surface area contributed by atoms with Gasteiger partial charge in [0.2, 0.25) is 5.95 Å². The number of fused-ring (bicyclic) bond motifs is 1. The highest BCUT2D eigenvalue weighted by molar-refractivity contribution is 5.69. The van der Waals surface area contributed by atoms with Crippen LogP contribution in [0.1, 0.15) is 20.8 Å². The molecule has 0 radical (unpaired) electrons. The summed E-state index contributed by atoms with van der Waals surface area (Å²) in [5.74, 6) is 0.603. The second kappa shape index (κ2) is 7.23. The Balaban J connectivity index is 0.000000236. The SMILES string of the molecule is CC(C)(C)OC=O.O=c1[nH]c(N2CCNCC2)nc2nc[nH]c12. The van der Waals surface area contributed by atoms with Gasteiger partial charge in [0, 0.05) is 26.2 Å². The van der Waals surface area contributed by atoms with Gasteiger partial charge in [0.15, 0.2) is 11.2 Å². The first-order chi connectivity index (χ1) is 10.9. The molecule has 0 aromatic carbocycles. The third kappa shape index (κ3) is 4.78. The molecule has 1 aliphatic rings. The predicted octanol–water partition coefficient (Wildman–Crippen LogP) is 0.0137. The summed E-state index contributed by atoms with van der Waals surface area (Å²) in [5.41, 5.74) is 0.411. The van der Waals surface area contributed by atoms with Gasteiger partial charge in [0.25, 0.3) is 12.0 Å². The molecule has 9 nitrogen and oxygen atoms in total. The van der Waals surface area contributed by atoms with Crippen LogP contribution in [-0.4, -0.2) is 58.2 Å². The molecule has 0 spiro atoms. The number of H-pyrrole nitrogens is 2. The zero-order valence-corrected chi connectivity index (χ0v) is 13.5. The van der Waals surface area contributed by atoms with Crippen LogP contribution in [0.5, 0.6) is 0 Å². The van der Waals surface area contributed by atoms with Crippen molar-refractivity contribution in [1.82, 2.24) is 25.3 Å². The number of piperazine rings is 1. The van der Waals surface area contributed by atoms with Crippen LogP contribution in [0.15, 0.2) is 11.1 Å². The van der Waals surface area contributed by atoms with Gasteiger partial charge in [-0.05, 0) is 20.8 Å². The van der Waals surface area contributed by atoms with Gasteiger partial charge in [-0.25, -0.2) is 4.98 Å². The van der Waals surface area contributed by atoms with Crippen LogP contribution in [0.25, 0.3) is 11.2 Å². The van der Waals surface area contributed by atoms with Crippen molar-refractivity contribution in [2.45, 2.75) is 26.4 Å². The standard InChI is InChI=1S/C9H12N6O.C5H10O2/c16-8-6-7(12-5-11-6)13-9(14-8)15-3-1-10-2-4-15;1-5(2,3)7-4-6/h5,10H,1-4H2,(H2,11,12,13,14,16);4H,1-3H3. The molecule has 3 rings (SSSR count). The lowest BCUT2D eigenvalue weighted by molar-refractivity contribution is -0.138.